The SMILES string of the molecule is c1coc(-c2noc(CN3CCC[C@H](N4CCCC4)C3)n2)c1. The summed E-state index contributed by atoms with van der Waals surface area (Å²) in [6, 6.07) is 4.37. The summed E-state index contributed by atoms with van der Waals surface area (Å²) in [7, 11) is 0. The Kier molecular flexibility index (Phi) is 3.95. The Bertz CT molecular complexity index is 589. The van der Waals surface area contributed by atoms with Gasteiger partial charge in [0.25, 0.3) is 0 Å². The second-order valence-electron chi connectivity index (χ2n) is 6.26. The van der Waals surface area contributed by atoms with Crippen molar-refractivity contribution in [1.29, 1.82) is 0 Å². The number of hydrogen-bond donors (Lipinski definition) is 0. The lowest BCUT2D eigenvalue weighted by Crippen LogP contribution is -2.46. The quantitative estimate of drug-likeness (QED) is 0.864. The number of hydrogen-bond acceptors (Lipinski definition) is 6. The largest absolute Gasteiger partial charge is 0.461 e. The molecule has 0 saturated carbocycles. The third-order valence-corrected chi connectivity index (χ3v) is 4.71. The minimum absolute atomic E-state index is 0.535. The fourth-order valence-electron chi connectivity index (χ4n) is 3.60. The average Bonchev–Trinajstić information content (AvgIpc) is 3.29. The van der Waals surface area contributed by atoms with E-state index in [9.17, 15) is 0 Å². The van der Waals surface area contributed by atoms with E-state index in [0.29, 0.717) is 23.5 Å². The van der Waals surface area contributed by atoms with E-state index in [1.165, 1.54) is 38.8 Å². The first kappa shape index (κ1) is 14.0. The molecule has 0 radical (unpaired) electrons. The molecule has 0 spiro atoms. The maximum Gasteiger partial charge on any atom is 0.241 e. The lowest BCUT2D eigenvalue weighted by atomic mass is 10.0. The fourth-order valence-corrected chi connectivity index (χ4v) is 3.60. The topological polar surface area (TPSA) is 58.5 Å². The molecule has 22 heavy (non-hydrogen) atoms. The smallest absolute Gasteiger partial charge is 0.241 e. The van der Waals surface area contributed by atoms with Crippen LogP contribution in [0.1, 0.15) is 31.6 Å². The molecule has 2 aromatic heterocycles. The van der Waals surface area contributed by atoms with Crippen LogP contribution in [0.5, 0.6) is 0 Å². The van der Waals surface area contributed by atoms with Crippen molar-refractivity contribution < 1.29 is 8.94 Å². The number of piperidine rings is 1. The predicted octanol–water partition coefficient (Wildman–Crippen LogP) is 2.39. The van der Waals surface area contributed by atoms with Crippen LogP contribution in [-0.2, 0) is 6.54 Å². The van der Waals surface area contributed by atoms with Crippen molar-refractivity contribution in [3.63, 3.8) is 0 Å². The van der Waals surface area contributed by atoms with E-state index in [2.05, 4.69) is 19.9 Å². The lowest BCUT2D eigenvalue weighted by molar-refractivity contribution is 0.102. The van der Waals surface area contributed by atoms with Gasteiger partial charge >= 0.3 is 0 Å². The predicted molar refractivity (Wildman–Crippen MR) is 81.1 cm³/mol. The van der Waals surface area contributed by atoms with Gasteiger partial charge in [0.2, 0.25) is 11.7 Å². The molecule has 2 aliphatic rings. The van der Waals surface area contributed by atoms with Gasteiger partial charge in [0.15, 0.2) is 5.76 Å². The van der Waals surface area contributed by atoms with Crippen LogP contribution in [0.3, 0.4) is 0 Å². The molecule has 4 heterocycles. The van der Waals surface area contributed by atoms with Crippen molar-refractivity contribution >= 4 is 0 Å². The van der Waals surface area contributed by atoms with Crippen molar-refractivity contribution in [2.45, 2.75) is 38.3 Å². The molecule has 0 unspecified atom stereocenters. The average molecular weight is 302 g/mol. The van der Waals surface area contributed by atoms with Gasteiger partial charge in [-0.15, -0.1) is 0 Å². The molecule has 2 saturated heterocycles. The van der Waals surface area contributed by atoms with E-state index in [4.69, 9.17) is 8.94 Å². The maximum atomic E-state index is 5.38. The Hall–Kier alpha value is -1.66. The third kappa shape index (κ3) is 2.94. The molecule has 0 bridgehead atoms. The van der Waals surface area contributed by atoms with Gasteiger partial charge < -0.3 is 8.94 Å². The molecule has 2 fully saturated rings. The zero-order chi connectivity index (χ0) is 14.8. The third-order valence-electron chi connectivity index (χ3n) is 4.71. The highest BCUT2D eigenvalue weighted by Crippen LogP contribution is 2.22. The van der Waals surface area contributed by atoms with Crippen molar-refractivity contribution in [1.82, 2.24) is 19.9 Å². The van der Waals surface area contributed by atoms with Gasteiger partial charge in [-0.1, -0.05) is 5.16 Å². The van der Waals surface area contributed by atoms with E-state index >= 15 is 0 Å². The van der Waals surface area contributed by atoms with Gasteiger partial charge in [-0.3, -0.25) is 9.80 Å². The Morgan fingerprint density at radius 3 is 2.91 bits per heavy atom. The minimum Gasteiger partial charge on any atom is -0.461 e. The number of likely N-dealkylation sites (tertiary alicyclic amines) is 2. The van der Waals surface area contributed by atoms with Crippen LogP contribution in [0.15, 0.2) is 27.3 Å². The van der Waals surface area contributed by atoms with Crippen molar-refractivity contribution in [3.8, 4) is 11.6 Å². The Balaban J connectivity index is 1.38. The summed E-state index contributed by atoms with van der Waals surface area (Å²) >= 11 is 0. The molecule has 1 atom stereocenters. The second-order valence-corrected chi connectivity index (χ2v) is 6.26. The Morgan fingerprint density at radius 2 is 2.09 bits per heavy atom. The molecule has 0 amide bonds. The van der Waals surface area contributed by atoms with Gasteiger partial charge in [-0.05, 0) is 57.5 Å². The highest BCUT2D eigenvalue weighted by molar-refractivity contribution is 5.44. The summed E-state index contributed by atoms with van der Waals surface area (Å²) in [5, 5.41) is 4.00. The first-order chi connectivity index (χ1) is 10.9. The molecule has 0 N–H and O–H groups in total. The van der Waals surface area contributed by atoms with E-state index in [0.717, 1.165) is 19.6 Å². The summed E-state index contributed by atoms with van der Waals surface area (Å²) in [6.45, 7) is 5.49. The normalized spacial score (nSPS) is 24.1. The van der Waals surface area contributed by atoms with Crippen molar-refractivity contribution in [3.05, 3.63) is 24.3 Å². The van der Waals surface area contributed by atoms with Crippen LogP contribution < -0.4 is 0 Å². The Labute approximate surface area is 130 Å². The van der Waals surface area contributed by atoms with E-state index in [-0.39, 0.29) is 0 Å². The highest BCUT2D eigenvalue weighted by atomic mass is 16.5. The highest BCUT2D eigenvalue weighted by Gasteiger charge is 2.27. The van der Waals surface area contributed by atoms with Crippen LogP contribution in [0.25, 0.3) is 11.6 Å². The zero-order valence-corrected chi connectivity index (χ0v) is 12.8. The van der Waals surface area contributed by atoms with E-state index in [1.807, 2.05) is 12.1 Å². The first-order valence-electron chi connectivity index (χ1n) is 8.21. The summed E-state index contributed by atoms with van der Waals surface area (Å²) in [5.74, 6) is 1.87. The van der Waals surface area contributed by atoms with Crippen LogP contribution in [0, 0.1) is 0 Å². The van der Waals surface area contributed by atoms with Crippen LogP contribution >= 0.6 is 0 Å². The Morgan fingerprint density at radius 1 is 1.18 bits per heavy atom. The molecular weight excluding hydrogens is 280 g/mol. The van der Waals surface area contributed by atoms with Gasteiger partial charge in [0.1, 0.15) is 0 Å². The molecule has 6 nitrogen and oxygen atoms in total. The van der Waals surface area contributed by atoms with Crippen LogP contribution in [0.4, 0.5) is 0 Å². The summed E-state index contributed by atoms with van der Waals surface area (Å²) in [6.07, 6.45) is 6.90. The van der Waals surface area contributed by atoms with Crippen LogP contribution in [-0.4, -0.2) is 52.2 Å². The number of rotatable bonds is 4. The first-order valence-corrected chi connectivity index (χ1v) is 8.21. The zero-order valence-electron chi connectivity index (χ0n) is 12.8. The summed E-state index contributed by atoms with van der Waals surface area (Å²) in [4.78, 5) is 9.53. The lowest BCUT2D eigenvalue weighted by Gasteiger charge is -2.36. The van der Waals surface area contributed by atoms with Crippen molar-refractivity contribution in [2.75, 3.05) is 26.2 Å². The molecule has 6 heteroatoms. The van der Waals surface area contributed by atoms with Crippen LogP contribution in [0.2, 0.25) is 0 Å². The van der Waals surface area contributed by atoms with Gasteiger partial charge in [0, 0.05) is 12.6 Å². The van der Waals surface area contributed by atoms with Gasteiger partial charge in [0.05, 0.1) is 12.8 Å². The van der Waals surface area contributed by atoms with E-state index < -0.39 is 0 Å². The second kappa shape index (κ2) is 6.22. The monoisotopic (exact) mass is 302 g/mol. The molecule has 118 valence electrons. The van der Waals surface area contributed by atoms with Gasteiger partial charge in [-0.2, -0.15) is 4.98 Å². The maximum absolute atomic E-state index is 5.38. The summed E-state index contributed by atoms with van der Waals surface area (Å²) < 4.78 is 10.7. The standard InChI is InChI=1S/C16H22N4O2/c1-2-9-20(8-1)13-5-3-7-19(11-13)12-15-17-16(18-22-15)14-6-4-10-21-14/h4,6,10,13H,1-3,5,7-9,11-12H2/t13-/m0/s1. The molecule has 2 aliphatic heterocycles. The number of aromatic nitrogens is 2. The number of nitrogens with zero attached hydrogens (tertiary/aromatic N) is 4. The van der Waals surface area contributed by atoms with Crippen molar-refractivity contribution in [2.24, 2.45) is 0 Å². The molecule has 0 aliphatic carbocycles. The fraction of sp³-hybridized carbons (Fsp3) is 0.625. The minimum atomic E-state index is 0.535. The molecule has 4 rings (SSSR count). The molecule has 0 aromatic carbocycles. The number of furan rings is 1. The molecule has 2 aromatic rings. The summed E-state index contributed by atoms with van der Waals surface area (Å²) in [5.41, 5.74) is 0. The van der Waals surface area contributed by atoms with Gasteiger partial charge in [-0.25, -0.2) is 0 Å². The molecular formula is C16H22N4O2. The van der Waals surface area contributed by atoms with E-state index in [1.54, 1.807) is 6.26 Å².